The summed E-state index contributed by atoms with van der Waals surface area (Å²) < 4.78 is 61.4. The van der Waals surface area contributed by atoms with E-state index in [2.05, 4.69) is 4.74 Å². The summed E-state index contributed by atoms with van der Waals surface area (Å²) >= 11 is 0.942. The maximum atomic E-state index is 14.1. The second-order valence-corrected chi connectivity index (χ2v) is 6.92. The van der Waals surface area contributed by atoms with Crippen LogP contribution in [-0.2, 0) is 27.2 Å². The number of rotatable bonds is 5. The Labute approximate surface area is 151 Å². The lowest BCUT2D eigenvalue weighted by Crippen LogP contribution is -3.08. The second-order valence-electron chi connectivity index (χ2n) is 5.81. The van der Waals surface area contributed by atoms with E-state index in [9.17, 15) is 27.2 Å². The van der Waals surface area contributed by atoms with Crippen LogP contribution < -0.4 is 10.2 Å². The van der Waals surface area contributed by atoms with Crippen molar-refractivity contribution in [3.8, 4) is 0 Å². The molecule has 0 saturated carbocycles. The molecule has 0 spiro atoms. The van der Waals surface area contributed by atoms with E-state index < -0.39 is 23.9 Å². The standard InChI is InChI=1S/C15H18F4N2O4S/c1-4-25-12(22)10-8-5-6-21(2)7-9(8)26-11(10)20-13(23)14(16,24-3)15(17,18)19/h4-7H2,1-3H3,(H,20,23)/p+1. The molecule has 1 aliphatic heterocycles. The number of fused-ring (bicyclic) bond motifs is 1. The van der Waals surface area contributed by atoms with Crippen molar-refractivity contribution in [1.29, 1.82) is 0 Å². The Bertz CT molecular complexity index is 707. The van der Waals surface area contributed by atoms with E-state index in [1.54, 1.807) is 6.92 Å². The summed E-state index contributed by atoms with van der Waals surface area (Å²) in [6.07, 6.45) is -5.08. The Kier molecular flexibility index (Phi) is 5.93. The van der Waals surface area contributed by atoms with E-state index in [1.807, 2.05) is 12.4 Å². The first kappa shape index (κ1) is 20.6. The van der Waals surface area contributed by atoms with E-state index in [1.165, 1.54) is 0 Å². The van der Waals surface area contributed by atoms with E-state index >= 15 is 0 Å². The summed E-state index contributed by atoms with van der Waals surface area (Å²) in [6, 6.07) is 0. The molecule has 1 aliphatic rings. The van der Waals surface area contributed by atoms with Gasteiger partial charge < -0.3 is 19.7 Å². The molecule has 11 heteroatoms. The van der Waals surface area contributed by atoms with Crippen LogP contribution in [0.15, 0.2) is 0 Å². The van der Waals surface area contributed by atoms with Gasteiger partial charge in [-0.2, -0.15) is 17.6 Å². The van der Waals surface area contributed by atoms with Gasteiger partial charge in [-0.05, 0) is 12.5 Å². The summed E-state index contributed by atoms with van der Waals surface area (Å²) in [5.41, 5.74) is 0.594. The quantitative estimate of drug-likeness (QED) is 0.579. The largest absolute Gasteiger partial charge is 0.462 e. The Morgan fingerprint density at radius 2 is 1.96 bits per heavy atom. The van der Waals surface area contributed by atoms with Crippen LogP contribution in [0, 0.1) is 0 Å². The van der Waals surface area contributed by atoms with Crippen molar-refractivity contribution in [3.63, 3.8) is 0 Å². The zero-order chi connectivity index (χ0) is 19.7. The predicted octanol–water partition coefficient (Wildman–Crippen LogP) is 1.31. The lowest BCUT2D eigenvalue weighted by atomic mass is 10.0. The number of carbonyl (C=O) groups is 2. The number of esters is 1. The molecule has 146 valence electrons. The van der Waals surface area contributed by atoms with Gasteiger partial charge >= 0.3 is 23.9 Å². The van der Waals surface area contributed by atoms with Crippen molar-refractivity contribution < 1.29 is 41.5 Å². The molecule has 6 nitrogen and oxygen atoms in total. The van der Waals surface area contributed by atoms with Gasteiger partial charge in [0.15, 0.2) is 0 Å². The second kappa shape index (κ2) is 7.49. The number of alkyl halides is 4. The highest BCUT2D eigenvalue weighted by atomic mass is 32.1. The van der Waals surface area contributed by atoms with Crippen molar-refractivity contribution in [2.24, 2.45) is 0 Å². The normalized spacial score (nSPS) is 19.4. The minimum atomic E-state index is -5.57. The fraction of sp³-hybridized carbons (Fsp3) is 0.600. The molecule has 0 aromatic carbocycles. The van der Waals surface area contributed by atoms with Crippen LogP contribution >= 0.6 is 11.3 Å². The third kappa shape index (κ3) is 3.69. The number of nitrogens with one attached hydrogen (secondary N) is 2. The Morgan fingerprint density at radius 1 is 1.31 bits per heavy atom. The van der Waals surface area contributed by atoms with Crippen LogP contribution in [0.3, 0.4) is 0 Å². The molecule has 0 aliphatic carbocycles. The van der Waals surface area contributed by atoms with Crippen LogP contribution in [0.2, 0.25) is 0 Å². The maximum absolute atomic E-state index is 14.1. The van der Waals surface area contributed by atoms with Gasteiger partial charge in [0.25, 0.3) is 0 Å². The molecule has 1 aromatic heterocycles. The average Bonchev–Trinajstić information content (AvgIpc) is 2.89. The Balaban J connectivity index is 2.43. The summed E-state index contributed by atoms with van der Waals surface area (Å²) in [4.78, 5) is 26.1. The van der Waals surface area contributed by atoms with Crippen LogP contribution in [0.4, 0.5) is 22.6 Å². The van der Waals surface area contributed by atoms with Crippen LogP contribution in [0.5, 0.6) is 0 Å². The number of likely N-dealkylation sites (N-methyl/N-ethyl adjacent to an activating group) is 1. The van der Waals surface area contributed by atoms with Gasteiger partial charge in [0.1, 0.15) is 11.5 Å². The molecule has 0 fully saturated rings. The highest BCUT2D eigenvalue weighted by molar-refractivity contribution is 7.17. The molecule has 1 amide bonds. The maximum Gasteiger partial charge on any atom is 0.458 e. The summed E-state index contributed by atoms with van der Waals surface area (Å²) in [5, 5.41) is 1.70. The van der Waals surface area contributed by atoms with Crippen LogP contribution in [0.25, 0.3) is 0 Å². The van der Waals surface area contributed by atoms with Crippen LogP contribution in [0.1, 0.15) is 27.7 Å². The zero-order valence-electron chi connectivity index (χ0n) is 14.4. The number of methoxy groups -OCH3 is 1. The fourth-order valence-corrected chi connectivity index (χ4v) is 3.99. The molecule has 1 aromatic rings. The van der Waals surface area contributed by atoms with Crippen molar-refractivity contribution in [2.75, 3.05) is 32.6 Å². The topological polar surface area (TPSA) is 69.1 Å². The van der Waals surface area contributed by atoms with E-state index in [4.69, 9.17) is 4.74 Å². The van der Waals surface area contributed by atoms with Gasteiger partial charge in [0.05, 0.1) is 30.6 Å². The van der Waals surface area contributed by atoms with Crippen LogP contribution in [-0.4, -0.2) is 51.2 Å². The summed E-state index contributed by atoms with van der Waals surface area (Å²) in [5.74, 6) is -7.34. The van der Waals surface area contributed by atoms with E-state index in [-0.39, 0.29) is 17.2 Å². The van der Waals surface area contributed by atoms with Gasteiger partial charge in [0.2, 0.25) is 0 Å². The molecule has 2 unspecified atom stereocenters. The first-order valence-electron chi connectivity index (χ1n) is 7.80. The zero-order valence-corrected chi connectivity index (χ0v) is 15.2. The van der Waals surface area contributed by atoms with Crippen molar-refractivity contribution in [3.05, 3.63) is 16.0 Å². The lowest BCUT2D eigenvalue weighted by molar-refractivity contribution is -0.895. The van der Waals surface area contributed by atoms with Crippen molar-refractivity contribution in [2.45, 2.75) is 31.9 Å². The minimum absolute atomic E-state index is 0.0201. The third-order valence-electron chi connectivity index (χ3n) is 4.00. The number of carbonyl (C=O) groups excluding carboxylic acids is 2. The summed E-state index contributed by atoms with van der Waals surface area (Å²) in [6.45, 7) is 2.87. The molecule has 2 heterocycles. The lowest BCUT2D eigenvalue weighted by Gasteiger charge is -2.24. The minimum Gasteiger partial charge on any atom is -0.462 e. The smallest absolute Gasteiger partial charge is 0.458 e. The molecule has 2 N–H and O–H groups in total. The molecule has 0 saturated heterocycles. The SMILES string of the molecule is CCOC(=O)c1c(NC(=O)C(F)(OC)C(F)(F)F)sc2c1CC[NH+](C)C2. The number of anilines is 1. The van der Waals surface area contributed by atoms with Gasteiger partial charge in [-0.1, -0.05) is 0 Å². The molecule has 0 bridgehead atoms. The first-order chi connectivity index (χ1) is 12.0. The molecule has 2 atom stereocenters. The predicted molar refractivity (Wildman–Crippen MR) is 85.0 cm³/mol. The first-order valence-corrected chi connectivity index (χ1v) is 8.62. The molecular formula is C15H19F4N2O4S+. The molecular weight excluding hydrogens is 380 g/mol. The van der Waals surface area contributed by atoms with Crippen molar-refractivity contribution >= 4 is 28.2 Å². The molecule has 26 heavy (non-hydrogen) atoms. The van der Waals surface area contributed by atoms with Gasteiger partial charge in [-0.25, -0.2) is 4.79 Å². The van der Waals surface area contributed by atoms with Gasteiger partial charge in [-0.15, -0.1) is 11.3 Å². The molecule has 2 rings (SSSR count). The number of halogens is 4. The fourth-order valence-electron chi connectivity index (χ4n) is 2.65. The van der Waals surface area contributed by atoms with E-state index in [0.29, 0.717) is 32.2 Å². The number of ether oxygens (including phenoxy) is 2. The van der Waals surface area contributed by atoms with E-state index in [0.717, 1.165) is 21.1 Å². The Morgan fingerprint density at radius 3 is 2.50 bits per heavy atom. The number of hydrogen-bond donors (Lipinski definition) is 2. The highest BCUT2D eigenvalue weighted by Gasteiger charge is 2.63. The summed E-state index contributed by atoms with van der Waals surface area (Å²) in [7, 11) is 2.36. The number of quaternary nitrogens is 1. The van der Waals surface area contributed by atoms with Gasteiger partial charge in [-0.3, -0.25) is 4.79 Å². The number of hydrogen-bond acceptors (Lipinski definition) is 5. The highest BCUT2D eigenvalue weighted by Crippen LogP contribution is 2.39. The van der Waals surface area contributed by atoms with Crippen molar-refractivity contribution in [1.82, 2.24) is 0 Å². The number of amides is 1. The third-order valence-corrected chi connectivity index (χ3v) is 5.15. The Hall–Kier alpha value is -1.72. The monoisotopic (exact) mass is 399 g/mol. The average molecular weight is 399 g/mol. The number of thiophene rings is 1. The molecule has 0 radical (unpaired) electrons. The van der Waals surface area contributed by atoms with Gasteiger partial charge in [0, 0.05) is 13.5 Å².